The lowest BCUT2D eigenvalue weighted by atomic mass is 9.98. The largest absolute Gasteiger partial charge is 0.481 e. The molecular weight excluding hydrogens is 262 g/mol. The highest BCUT2D eigenvalue weighted by atomic mass is 32.1. The van der Waals surface area contributed by atoms with E-state index in [4.69, 9.17) is 23.1 Å². The minimum atomic E-state index is -0.712. The van der Waals surface area contributed by atoms with Gasteiger partial charge in [-0.25, -0.2) is 0 Å². The maximum absolute atomic E-state index is 11.0. The third-order valence-electron chi connectivity index (χ3n) is 3.27. The van der Waals surface area contributed by atoms with Crippen LogP contribution in [-0.4, -0.2) is 29.3 Å². The fourth-order valence-electron chi connectivity index (χ4n) is 2.31. The van der Waals surface area contributed by atoms with Crippen LogP contribution in [0.3, 0.4) is 0 Å². The molecule has 2 rings (SSSR count). The molecule has 19 heavy (non-hydrogen) atoms. The first kappa shape index (κ1) is 13.6. The van der Waals surface area contributed by atoms with Crippen LogP contribution in [0.1, 0.15) is 12.8 Å². The summed E-state index contributed by atoms with van der Waals surface area (Å²) in [6, 6.07) is 7.67. The second-order valence-corrected chi connectivity index (χ2v) is 5.10. The number of hydrogen-bond acceptors (Lipinski definition) is 3. The van der Waals surface area contributed by atoms with Gasteiger partial charge in [0.1, 0.15) is 0 Å². The van der Waals surface area contributed by atoms with Crippen molar-refractivity contribution in [3.63, 3.8) is 0 Å². The minimum absolute atomic E-state index is 0.233. The SMILES string of the molecule is NC(=S)Nc1ccc(N2CCCC(C(=O)O)C2)cc1. The van der Waals surface area contributed by atoms with E-state index in [1.165, 1.54) is 0 Å². The Bertz CT molecular complexity index is 475. The molecule has 0 aliphatic carbocycles. The van der Waals surface area contributed by atoms with Gasteiger partial charge in [-0.15, -0.1) is 0 Å². The summed E-state index contributed by atoms with van der Waals surface area (Å²) < 4.78 is 0. The maximum Gasteiger partial charge on any atom is 0.308 e. The fourth-order valence-corrected chi connectivity index (χ4v) is 2.43. The summed E-state index contributed by atoms with van der Waals surface area (Å²) >= 11 is 4.77. The lowest BCUT2D eigenvalue weighted by Gasteiger charge is -2.32. The zero-order chi connectivity index (χ0) is 13.8. The lowest BCUT2D eigenvalue weighted by Crippen LogP contribution is -2.38. The van der Waals surface area contributed by atoms with Crippen molar-refractivity contribution in [3.05, 3.63) is 24.3 Å². The molecule has 1 aromatic rings. The third-order valence-corrected chi connectivity index (χ3v) is 3.37. The van der Waals surface area contributed by atoms with E-state index in [1.54, 1.807) is 0 Å². The molecule has 1 aliphatic heterocycles. The number of nitrogens with two attached hydrogens (primary N) is 1. The van der Waals surface area contributed by atoms with Crippen molar-refractivity contribution < 1.29 is 9.90 Å². The number of thiocarbonyl (C=S) groups is 1. The summed E-state index contributed by atoms with van der Waals surface area (Å²) in [5.41, 5.74) is 7.26. The molecule has 1 heterocycles. The summed E-state index contributed by atoms with van der Waals surface area (Å²) in [4.78, 5) is 13.1. The van der Waals surface area contributed by atoms with Gasteiger partial charge in [0, 0.05) is 24.5 Å². The molecule has 1 saturated heterocycles. The van der Waals surface area contributed by atoms with Crippen molar-refractivity contribution in [2.75, 3.05) is 23.3 Å². The molecule has 102 valence electrons. The second-order valence-electron chi connectivity index (χ2n) is 4.66. The third kappa shape index (κ3) is 3.57. The predicted molar refractivity (Wildman–Crippen MR) is 79.4 cm³/mol. The number of carboxylic acid groups (broad SMARTS) is 1. The first-order valence-electron chi connectivity index (χ1n) is 6.20. The van der Waals surface area contributed by atoms with Gasteiger partial charge in [-0.2, -0.15) is 0 Å². The normalized spacial score (nSPS) is 18.9. The van der Waals surface area contributed by atoms with Gasteiger partial charge in [-0.05, 0) is 49.3 Å². The zero-order valence-corrected chi connectivity index (χ0v) is 11.3. The zero-order valence-electron chi connectivity index (χ0n) is 10.5. The second kappa shape index (κ2) is 5.88. The highest BCUT2D eigenvalue weighted by Gasteiger charge is 2.25. The standard InChI is InChI=1S/C13H17N3O2S/c14-13(19)15-10-3-5-11(6-4-10)16-7-1-2-9(8-16)12(17)18/h3-6,9H,1-2,7-8H2,(H,17,18)(H3,14,15,19). The van der Waals surface area contributed by atoms with E-state index >= 15 is 0 Å². The number of piperidine rings is 1. The van der Waals surface area contributed by atoms with Gasteiger partial charge in [0.2, 0.25) is 0 Å². The number of nitrogens with one attached hydrogen (secondary N) is 1. The van der Waals surface area contributed by atoms with E-state index < -0.39 is 5.97 Å². The van der Waals surface area contributed by atoms with Crippen LogP contribution in [0.5, 0.6) is 0 Å². The van der Waals surface area contributed by atoms with E-state index in [9.17, 15) is 4.79 Å². The molecule has 0 amide bonds. The average molecular weight is 279 g/mol. The highest BCUT2D eigenvalue weighted by molar-refractivity contribution is 7.80. The summed E-state index contributed by atoms with van der Waals surface area (Å²) in [5.74, 6) is -0.986. The Balaban J connectivity index is 2.05. The van der Waals surface area contributed by atoms with Crippen molar-refractivity contribution >= 4 is 34.7 Å². The van der Waals surface area contributed by atoms with Crippen LogP contribution < -0.4 is 16.0 Å². The Morgan fingerprint density at radius 2 is 2.11 bits per heavy atom. The molecule has 1 unspecified atom stereocenters. The van der Waals surface area contributed by atoms with Gasteiger partial charge in [0.15, 0.2) is 5.11 Å². The molecule has 5 nitrogen and oxygen atoms in total. The van der Waals surface area contributed by atoms with Crippen LogP contribution >= 0.6 is 12.2 Å². The summed E-state index contributed by atoms with van der Waals surface area (Å²) in [5, 5.41) is 12.2. The van der Waals surface area contributed by atoms with E-state index in [0.717, 1.165) is 30.8 Å². The van der Waals surface area contributed by atoms with Crippen LogP contribution in [0, 0.1) is 5.92 Å². The number of benzene rings is 1. The lowest BCUT2D eigenvalue weighted by molar-refractivity contribution is -0.141. The quantitative estimate of drug-likeness (QED) is 0.730. The minimum Gasteiger partial charge on any atom is -0.481 e. The first-order valence-corrected chi connectivity index (χ1v) is 6.61. The Morgan fingerprint density at radius 3 is 2.68 bits per heavy atom. The fraction of sp³-hybridized carbons (Fsp3) is 0.385. The molecule has 0 aromatic heterocycles. The van der Waals surface area contributed by atoms with Gasteiger partial charge in [-0.3, -0.25) is 4.79 Å². The smallest absolute Gasteiger partial charge is 0.308 e. The molecule has 0 spiro atoms. The number of aliphatic carboxylic acids is 1. The molecule has 1 aliphatic rings. The molecule has 1 fully saturated rings. The van der Waals surface area contributed by atoms with Crippen LogP contribution in [0.25, 0.3) is 0 Å². The van der Waals surface area contributed by atoms with Gasteiger partial charge in [0.05, 0.1) is 5.92 Å². The summed E-state index contributed by atoms with van der Waals surface area (Å²) in [6.07, 6.45) is 1.66. The first-order chi connectivity index (χ1) is 9.06. The predicted octanol–water partition coefficient (Wildman–Crippen LogP) is 1.64. The molecule has 6 heteroatoms. The topological polar surface area (TPSA) is 78.6 Å². The molecule has 1 aromatic carbocycles. The van der Waals surface area contributed by atoms with E-state index in [0.29, 0.717) is 6.54 Å². The molecule has 4 N–H and O–H groups in total. The van der Waals surface area contributed by atoms with Gasteiger partial charge < -0.3 is 21.1 Å². The van der Waals surface area contributed by atoms with Crippen LogP contribution in [0.15, 0.2) is 24.3 Å². The van der Waals surface area contributed by atoms with Crippen molar-refractivity contribution in [3.8, 4) is 0 Å². The number of hydrogen-bond donors (Lipinski definition) is 3. The Kier molecular flexibility index (Phi) is 4.21. The van der Waals surface area contributed by atoms with Gasteiger partial charge >= 0.3 is 5.97 Å². The summed E-state index contributed by atoms with van der Waals surface area (Å²) in [6.45, 7) is 1.46. The Morgan fingerprint density at radius 1 is 1.42 bits per heavy atom. The van der Waals surface area contributed by atoms with Crippen molar-refractivity contribution in [2.45, 2.75) is 12.8 Å². The number of carboxylic acids is 1. The Hall–Kier alpha value is -1.82. The van der Waals surface area contributed by atoms with E-state index in [2.05, 4.69) is 10.2 Å². The number of carbonyl (C=O) groups is 1. The Labute approximate surface area is 117 Å². The number of rotatable bonds is 3. The van der Waals surface area contributed by atoms with Crippen LogP contribution in [0.4, 0.5) is 11.4 Å². The van der Waals surface area contributed by atoms with E-state index in [1.807, 2.05) is 24.3 Å². The van der Waals surface area contributed by atoms with E-state index in [-0.39, 0.29) is 11.0 Å². The average Bonchev–Trinajstić information content (AvgIpc) is 2.39. The van der Waals surface area contributed by atoms with Crippen molar-refractivity contribution in [1.82, 2.24) is 0 Å². The maximum atomic E-state index is 11.0. The van der Waals surface area contributed by atoms with Crippen LogP contribution in [0.2, 0.25) is 0 Å². The van der Waals surface area contributed by atoms with Crippen LogP contribution in [-0.2, 0) is 4.79 Å². The summed E-state index contributed by atoms with van der Waals surface area (Å²) in [7, 11) is 0. The molecule has 0 bridgehead atoms. The van der Waals surface area contributed by atoms with Crippen molar-refractivity contribution in [1.29, 1.82) is 0 Å². The molecule has 0 radical (unpaired) electrons. The number of nitrogens with zero attached hydrogens (tertiary/aromatic N) is 1. The number of anilines is 2. The molecule has 0 saturated carbocycles. The molecule has 1 atom stereocenters. The van der Waals surface area contributed by atoms with Crippen molar-refractivity contribution in [2.24, 2.45) is 11.7 Å². The van der Waals surface area contributed by atoms with Gasteiger partial charge in [-0.1, -0.05) is 0 Å². The molecular formula is C13H17N3O2S. The monoisotopic (exact) mass is 279 g/mol. The highest BCUT2D eigenvalue weighted by Crippen LogP contribution is 2.24. The van der Waals surface area contributed by atoms with Gasteiger partial charge in [0.25, 0.3) is 0 Å².